The van der Waals surface area contributed by atoms with Crippen LogP contribution in [0, 0.1) is 11.8 Å². The predicted octanol–water partition coefficient (Wildman–Crippen LogP) is 2.18. The van der Waals surface area contributed by atoms with E-state index in [4.69, 9.17) is 0 Å². The van der Waals surface area contributed by atoms with E-state index in [2.05, 4.69) is 24.1 Å². The zero-order chi connectivity index (χ0) is 14.9. The molecule has 0 amide bonds. The van der Waals surface area contributed by atoms with Gasteiger partial charge in [0.05, 0.1) is 4.90 Å². The molecule has 0 saturated carbocycles. The molecule has 20 heavy (non-hydrogen) atoms. The molecule has 6 heteroatoms. The summed E-state index contributed by atoms with van der Waals surface area (Å²) in [7, 11) is -1.73. The van der Waals surface area contributed by atoms with Crippen molar-refractivity contribution in [1.29, 1.82) is 0 Å². The lowest BCUT2D eigenvalue weighted by Crippen LogP contribution is -2.48. The van der Waals surface area contributed by atoms with Crippen molar-refractivity contribution in [1.82, 2.24) is 9.29 Å². The number of pyridine rings is 1. The minimum atomic E-state index is -3.46. The highest BCUT2D eigenvalue weighted by Gasteiger charge is 2.37. The van der Waals surface area contributed by atoms with Crippen LogP contribution >= 0.6 is 0 Å². The third-order valence-electron chi connectivity index (χ3n) is 4.14. The third-order valence-corrected chi connectivity index (χ3v) is 6.09. The molecule has 0 spiro atoms. The van der Waals surface area contributed by atoms with Crippen LogP contribution in [0.25, 0.3) is 0 Å². The first-order chi connectivity index (χ1) is 9.36. The molecular formula is C14H23N3O2S. The van der Waals surface area contributed by atoms with Crippen molar-refractivity contribution in [2.75, 3.05) is 18.9 Å². The van der Waals surface area contributed by atoms with Gasteiger partial charge in [0, 0.05) is 31.9 Å². The van der Waals surface area contributed by atoms with Crippen LogP contribution < -0.4 is 5.32 Å². The second kappa shape index (κ2) is 5.69. The average Bonchev–Trinajstić information content (AvgIpc) is 2.42. The molecule has 1 aromatic heterocycles. The quantitative estimate of drug-likeness (QED) is 0.929. The number of aromatic nitrogens is 1. The first-order valence-corrected chi connectivity index (χ1v) is 8.46. The van der Waals surface area contributed by atoms with Gasteiger partial charge < -0.3 is 5.32 Å². The van der Waals surface area contributed by atoms with E-state index < -0.39 is 10.0 Å². The molecule has 1 saturated heterocycles. The summed E-state index contributed by atoms with van der Waals surface area (Å²) < 4.78 is 27.3. The molecule has 0 aromatic carbocycles. The zero-order valence-corrected chi connectivity index (χ0v) is 13.3. The monoisotopic (exact) mass is 297 g/mol. The molecule has 0 bridgehead atoms. The van der Waals surface area contributed by atoms with Crippen LogP contribution in [0.3, 0.4) is 0 Å². The maximum absolute atomic E-state index is 12.8. The van der Waals surface area contributed by atoms with E-state index in [0.29, 0.717) is 29.1 Å². The number of anilines is 1. The Balaban J connectivity index is 2.38. The number of hydrogen-bond acceptors (Lipinski definition) is 4. The molecule has 3 unspecified atom stereocenters. The summed E-state index contributed by atoms with van der Waals surface area (Å²) in [5, 5.41) is 2.88. The van der Waals surface area contributed by atoms with Crippen LogP contribution in [0.2, 0.25) is 0 Å². The van der Waals surface area contributed by atoms with Crippen LogP contribution in [0.15, 0.2) is 23.2 Å². The van der Waals surface area contributed by atoms with Crippen LogP contribution in [0.5, 0.6) is 0 Å². The molecule has 1 aliphatic rings. The maximum Gasteiger partial charge on any atom is 0.243 e. The highest BCUT2D eigenvalue weighted by Crippen LogP contribution is 2.31. The smallest absolute Gasteiger partial charge is 0.243 e. The minimum absolute atomic E-state index is 0.0300. The molecule has 1 aliphatic heterocycles. The Morgan fingerprint density at radius 1 is 1.35 bits per heavy atom. The number of rotatable bonds is 3. The van der Waals surface area contributed by atoms with Gasteiger partial charge in [-0.25, -0.2) is 13.4 Å². The van der Waals surface area contributed by atoms with Crippen molar-refractivity contribution in [2.24, 2.45) is 11.8 Å². The van der Waals surface area contributed by atoms with Gasteiger partial charge in [-0.15, -0.1) is 0 Å². The Kier molecular flexibility index (Phi) is 4.34. The summed E-state index contributed by atoms with van der Waals surface area (Å²) in [6.45, 7) is 6.81. The lowest BCUT2D eigenvalue weighted by molar-refractivity contribution is 0.157. The van der Waals surface area contributed by atoms with Crippen molar-refractivity contribution in [3.05, 3.63) is 18.3 Å². The summed E-state index contributed by atoms with van der Waals surface area (Å²) in [4.78, 5) is 4.38. The molecule has 2 rings (SSSR count). The largest absolute Gasteiger partial charge is 0.373 e. The first-order valence-electron chi connectivity index (χ1n) is 7.02. The number of hydrogen-bond donors (Lipinski definition) is 1. The van der Waals surface area contributed by atoms with Gasteiger partial charge in [0.2, 0.25) is 10.0 Å². The number of nitrogens with one attached hydrogen (secondary N) is 1. The standard InChI is InChI=1S/C14H23N3O2S/c1-10-7-11(2)12(3)17(9-10)20(18,19)13-5-6-16-14(8-13)15-4/h5-6,8,10-12H,7,9H2,1-4H3,(H,15,16). The van der Waals surface area contributed by atoms with E-state index in [0.717, 1.165) is 6.42 Å². The van der Waals surface area contributed by atoms with Gasteiger partial charge in [-0.1, -0.05) is 13.8 Å². The van der Waals surface area contributed by atoms with Gasteiger partial charge in [0.1, 0.15) is 5.82 Å². The van der Waals surface area contributed by atoms with E-state index in [1.165, 1.54) is 6.20 Å². The Morgan fingerprint density at radius 3 is 2.70 bits per heavy atom. The van der Waals surface area contributed by atoms with Crippen molar-refractivity contribution in [2.45, 2.75) is 38.1 Å². The van der Waals surface area contributed by atoms with E-state index in [1.807, 2.05) is 6.92 Å². The number of nitrogens with zero attached hydrogens (tertiary/aromatic N) is 2. The second-order valence-corrected chi connectivity index (χ2v) is 7.65. The minimum Gasteiger partial charge on any atom is -0.373 e. The fourth-order valence-corrected chi connectivity index (χ4v) is 4.68. The fourth-order valence-electron chi connectivity index (χ4n) is 2.82. The number of piperidine rings is 1. The van der Waals surface area contributed by atoms with Crippen molar-refractivity contribution in [3.8, 4) is 0 Å². The SMILES string of the molecule is CNc1cc(S(=O)(=O)N2CC(C)CC(C)C2C)ccn1. The van der Waals surface area contributed by atoms with Gasteiger partial charge in [-0.2, -0.15) is 4.31 Å². The van der Waals surface area contributed by atoms with Crippen LogP contribution in [0.4, 0.5) is 5.82 Å². The maximum atomic E-state index is 12.8. The molecule has 0 radical (unpaired) electrons. The zero-order valence-electron chi connectivity index (χ0n) is 12.5. The summed E-state index contributed by atoms with van der Waals surface area (Å²) in [5.41, 5.74) is 0. The first kappa shape index (κ1) is 15.3. The predicted molar refractivity (Wildman–Crippen MR) is 80.1 cm³/mol. The summed E-state index contributed by atoms with van der Waals surface area (Å²) in [6.07, 6.45) is 2.60. The Morgan fingerprint density at radius 2 is 2.05 bits per heavy atom. The van der Waals surface area contributed by atoms with E-state index in [9.17, 15) is 8.42 Å². The van der Waals surface area contributed by atoms with Gasteiger partial charge >= 0.3 is 0 Å². The van der Waals surface area contributed by atoms with Crippen LogP contribution in [-0.2, 0) is 10.0 Å². The molecule has 0 aliphatic carbocycles. The second-order valence-electron chi connectivity index (χ2n) is 5.76. The van der Waals surface area contributed by atoms with E-state index in [-0.39, 0.29) is 6.04 Å². The molecule has 1 fully saturated rings. The topological polar surface area (TPSA) is 62.3 Å². The average molecular weight is 297 g/mol. The third kappa shape index (κ3) is 2.81. The van der Waals surface area contributed by atoms with Gasteiger partial charge in [-0.3, -0.25) is 0 Å². The van der Waals surface area contributed by atoms with Gasteiger partial charge in [-0.05, 0) is 31.2 Å². The number of sulfonamides is 1. The van der Waals surface area contributed by atoms with Crippen molar-refractivity contribution in [3.63, 3.8) is 0 Å². The molecule has 112 valence electrons. The molecule has 2 heterocycles. The van der Waals surface area contributed by atoms with E-state index in [1.54, 1.807) is 23.5 Å². The molecule has 1 N–H and O–H groups in total. The molecular weight excluding hydrogens is 274 g/mol. The fraction of sp³-hybridized carbons (Fsp3) is 0.643. The Hall–Kier alpha value is -1.14. The Labute approximate surface area is 121 Å². The molecule has 1 aromatic rings. The van der Waals surface area contributed by atoms with Crippen LogP contribution in [-0.4, -0.2) is 37.3 Å². The van der Waals surface area contributed by atoms with Crippen LogP contribution in [0.1, 0.15) is 27.2 Å². The summed E-state index contributed by atoms with van der Waals surface area (Å²) >= 11 is 0. The van der Waals surface area contributed by atoms with E-state index >= 15 is 0 Å². The van der Waals surface area contributed by atoms with Gasteiger partial charge in [0.25, 0.3) is 0 Å². The lowest BCUT2D eigenvalue weighted by Gasteiger charge is -2.40. The Bertz CT molecular complexity index is 574. The van der Waals surface area contributed by atoms with Crippen molar-refractivity contribution >= 4 is 15.8 Å². The van der Waals surface area contributed by atoms with Crippen molar-refractivity contribution < 1.29 is 8.42 Å². The van der Waals surface area contributed by atoms with Gasteiger partial charge in [0.15, 0.2) is 0 Å². The summed E-state index contributed by atoms with van der Waals surface area (Å²) in [5.74, 6) is 1.33. The highest BCUT2D eigenvalue weighted by atomic mass is 32.2. The molecule has 5 nitrogen and oxygen atoms in total. The highest BCUT2D eigenvalue weighted by molar-refractivity contribution is 7.89. The normalized spacial score (nSPS) is 28.3. The lowest BCUT2D eigenvalue weighted by atomic mass is 9.88. The summed E-state index contributed by atoms with van der Waals surface area (Å²) in [6, 6.07) is 3.18. The molecule has 3 atom stereocenters.